The van der Waals surface area contributed by atoms with Crippen molar-refractivity contribution >= 4 is 17.6 Å². The molecule has 10 heteroatoms. The average molecular weight is 405 g/mol. The van der Waals surface area contributed by atoms with E-state index in [1.54, 1.807) is 20.0 Å². The second-order valence-corrected chi connectivity index (χ2v) is 5.97. The van der Waals surface area contributed by atoms with Crippen molar-refractivity contribution < 1.29 is 29.0 Å². The van der Waals surface area contributed by atoms with Gasteiger partial charge >= 0.3 is 0 Å². The van der Waals surface area contributed by atoms with Gasteiger partial charge in [0.1, 0.15) is 11.5 Å². The number of nitrogens with one attached hydrogen (secondary N) is 2. The first kappa shape index (κ1) is 30.4. The number of hydrogen-bond donors (Lipinski definition) is 5. The highest BCUT2D eigenvalue weighted by Gasteiger charge is 1.94. The van der Waals surface area contributed by atoms with E-state index in [1.807, 2.05) is 13.8 Å². The number of carbonyl (C=O) groups excluding carboxylic acids is 3. The summed E-state index contributed by atoms with van der Waals surface area (Å²) < 4.78 is 4.97. The minimum absolute atomic E-state index is 0.0276. The number of carbonyl (C=O) groups is 3. The number of oxazole rings is 1. The Kier molecular flexibility index (Phi) is 21.1. The number of aryl methyl sites for hydroxylation is 2. The maximum Gasteiger partial charge on any atom is 0.217 e. The van der Waals surface area contributed by atoms with Gasteiger partial charge < -0.3 is 31.0 Å². The molecular weight excluding hydrogens is 368 g/mol. The lowest BCUT2D eigenvalue weighted by molar-refractivity contribution is -0.123. The fraction of sp³-hybridized carbons (Fsp3) is 0.667. The Labute approximate surface area is 166 Å². The molecule has 0 bridgehead atoms. The molecule has 2 unspecified atom stereocenters. The third-order valence-corrected chi connectivity index (χ3v) is 2.31. The first-order chi connectivity index (χ1) is 12.8. The van der Waals surface area contributed by atoms with Crippen LogP contribution < -0.4 is 16.4 Å². The van der Waals surface area contributed by atoms with Gasteiger partial charge in [-0.2, -0.15) is 0 Å². The van der Waals surface area contributed by atoms with Gasteiger partial charge in [-0.15, -0.1) is 0 Å². The fourth-order valence-electron chi connectivity index (χ4n) is 1.01. The molecule has 6 N–H and O–H groups in total. The van der Waals surface area contributed by atoms with E-state index in [4.69, 9.17) is 20.4 Å². The van der Waals surface area contributed by atoms with Crippen LogP contribution in [0.3, 0.4) is 0 Å². The summed E-state index contributed by atoms with van der Waals surface area (Å²) in [5, 5.41) is 21.6. The molecule has 0 spiro atoms. The van der Waals surface area contributed by atoms with Crippen LogP contribution in [0.1, 0.15) is 46.3 Å². The molecule has 28 heavy (non-hydrogen) atoms. The van der Waals surface area contributed by atoms with Crippen LogP contribution in [0, 0.1) is 13.8 Å². The molecule has 0 aliphatic heterocycles. The van der Waals surface area contributed by atoms with Crippen LogP contribution in [0.4, 0.5) is 0 Å². The second-order valence-electron chi connectivity index (χ2n) is 5.97. The van der Waals surface area contributed by atoms with Crippen molar-refractivity contribution in [1.29, 1.82) is 0 Å². The zero-order valence-corrected chi connectivity index (χ0v) is 17.9. The highest BCUT2D eigenvalue weighted by molar-refractivity contribution is 5.83. The second kappa shape index (κ2) is 19.5. The van der Waals surface area contributed by atoms with Crippen LogP contribution in [-0.4, -0.2) is 64.6 Å². The molecule has 0 aromatic carbocycles. The van der Waals surface area contributed by atoms with Crippen molar-refractivity contribution in [3.05, 3.63) is 17.8 Å². The third kappa shape index (κ3) is 34.9. The lowest BCUT2D eigenvalue weighted by Crippen LogP contribution is -2.28. The van der Waals surface area contributed by atoms with Crippen LogP contribution in [-0.2, 0) is 14.4 Å². The lowest BCUT2D eigenvalue weighted by atomic mass is 10.4. The van der Waals surface area contributed by atoms with Crippen LogP contribution in [0.15, 0.2) is 10.6 Å². The van der Waals surface area contributed by atoms with E-state index in [-0.39, 0.29) is 30.2 Å². The van der Waals surface area contributed by atoms with E-state index in [2.05, 4.69) is 15.6 Å². The molecule has 1 aromatic rings. The summed E-state index contributed by atoms with van der Waals surface area (Å²) in [4.78, 5) is 34.2. The van der Waals surface area contributed by atoms with Crippen LogP contribution >= 0.6 is 0 Å². The molecule has 164 valence electrons. The summed E-state index contributed by atoms with van der Waals surface area (Å²) in [6, 6.07) is 0. The van der Waals surface area contributed by atoms with Gasteiger partial charge in [0.2, 0.25) is 11.8 Å². The van der Waals surface area contributed by atoms with E-state index in [0.717, 1.165) is 11.7 Å². The molecule has 0 radical (unpaired) electrons. The number of rotatable bonds is 5. The number of amides is 2. The Morgan fingerprint density at radius 2 is 1.54 bits per heavy atom. The molecule has 1 heterocycles. The molecule has 2 amide bonds. The quantitative estimate of drug-likeness (QED) is 0.451. The highest BCUT2D eigenvalue weighted by Crippen LogP contribution is 1.97. The number of ketones is 1. The molecule has 0 fully saturated rings. The van der Waals surface area contributed by atoms with E-state index in [0.29, 0.717) is 13.1 Å². The molecule has 10 nitrogen and oxygen atoms in total. The summed E-state index contributed by atoms with van der Waals surface area (Å²) in [5.74, 6) is 1.31. The van der Waals surface area contributed by atoms with E-state index in [9.17, 15) is 14.4 Å². The van der Waals surface area contributed by atoms with Crippen molar-refractivity contribution in [1.82, 2.24) is 15.6 Å². The van der Waals surface area contributed by atoms with Gasteiger partial charge in [-0.3, -0.25) is 14.4 Å². The molecule has 0 aliphatic rings. The smallest absolute Gasteiger partial charge is 0.217 e. The predicted octanol–water partition coefficient (Wildman–Crippen LogP) is -0.168. The Morgan fingerprint density at radius 1 is 1.07 bits per heavy atom. The van der Waals surface area contributed by atoms with Gasteiger partial charge in [-0.05, 0) is 27.7 Å². The molecule has 0 saturated heterocycles. The van der Waals surface area contributed by atoms with Crippen molar-refractivity contribution in [2.24, 2.45) is 5.73 Å². The molecule has 0 aliphatic carbocycles. The summed E-state index contributed by atoms with van der Waals surface area (Å²) in [6.07, 6.45) is 0.920. The van der Waals surface area contributed by atoms with Crippen LogP contribution in [0.25, 0.3) is 0 Å². The topological polar surface area (TPSA) is 168 Å². The number of nitrogens with two attached hydrogens (primary N) is 1. The van der Waals surface area contributed by atoms with Gasteiger partial charge in [-0.1, -0.05) is 0 Å². The minimum atomic E-state index is -0.445. The summed E-state index contributed by atoms with van der Waals surface area (Å²) >= 11 is 0. The fourth-order valence-corrected chi connectivity index (χ4v) is 1.01. The Bertz CT molecular complexity index is 513. The number of nitrogens with zero attached hydrogens (tertiary/aromatic N) is 1. The monoisotopic (exact) mass is 404 g/mol. The van der Waals surface area contributed by atoms with E-state index < -0.39 is 6.10 Å². The SMILES string of the molecule is CC(=O)CNC(C)=O.CC(=O)NCC(C)O.CC(O)CN.Cc1cnc(C)o1. The minimum Gasteiger partial charge on any atom is -0.446 e. The Balaban J connectivity index is -0.000000302. The zero-order chi connectivity index (χ0) is 22.7. The largest absolute Gasteiger partial charge is 0.446 e. The average Bonchev–Trinajstić information content (AvgIpc) is 2.95. The van der Waals surface area contributed by atoms with Gasteiger partial charge in [-0.25, -0.2) is 4.98 Å². The molecule has 2 atom stereocenters. The van der Waals surface area contributed by atoms with Crippen LogP contribution in [0.5, 0.6) is 0 Å². The van der Waals surface area contributed by atoms with E-state index >= 15 is 0 Å². The number of aromatic nitrogens is 1. The number of aliphatic hydroxyl groups excluding tert-OH is 2. The molecule has 0 saturated carbocycles. The van der Waals surface area contributed by atoms with Crippen LogP contribution in [0.2, 0.25) is 0 Å². The van der Waals surface area contributed by atoms with Crippen molar-refractivity contribution in [2.45, 2.75) is 60.7 Å². The van der Waals surface area contributed by atoms with Crippen molar-refractivity contribution in [2.75, 3.05) is 19.6 Å². The standard InChI is InChI=1S/C5H11NO2.C5H9NO2.C5H7NO.C3H9NO/c2*1-4(7)3-6-5(2)8;1-4-3-6-5(2)7-4;1-3(5)2-4/h4,7H,3H2,1-2H3,(H,6,8);3H2,1-2H3,(H,6,8);3H,1-2H3;3,5H,2,4H2,1H3. The Hall–Kier alpha value is -2.30. The summed E-state index contributed by atoms with van der Waals surface area (Å²) in [6.45, 7) is 12.1. The van der Waals surface area contributed by atoms with E-state index in [1.165, 1.54) is 20.8 Å². The number of aliphatic hydroxyl groups is 2. The van der Waals surface area contributed by atoms with Crippen molar-refractivity contribution in [3.63, 3.8) is 0 Å². The maximum atomic E-state index is 10.1. The highest BCUT2D eigenvalue weighted by atomic mass is 16.3. The Morgan fingerprint density at radius 3 is 1.64 bits per heavy atom. The summed E-state index contributed by atoms with van der Waals surface area (Å²) in [5.41, 5.74) is 4.92. The van der Waals surface area contributed by atoms with Crippen molar-refractivity contribution in [3.8, 4) is 0 Å². The molecular formula is C18H36N4O6. The van der Waals surface area contributed by atoms with Gasteiger partial charge in [0.15, 0.2) is 5.89 Å². The normalized spacial score (nSPS) is 11.1. The third-order valence-electron chi connectivity index (χ3n) is 2.31. The predicted molar refractivity (Wildman–Crippen MR) is 106 cm³/mol. The zero-order valence-electron chi connectivity index (χ0n) is 17.9. The first-order valence-electron chi connectivity index (χ1n) is 8.75. The molecule has 1 aromatic heterocycles. The van der Waals surface area contributed by atoms with Gasteiger partial charge in [0.05, 0.1) is 24.9 Å². The summed E-state index contributed by atoms with van der Waals surface area (Å²) in [7, 11) is 0. The van der Waals surface area contributed by atoms with Gasteiger partial charge in [0.25, 0.3) is 0 Å². The number of hydrogen-bond acceptors (Lipinski definition) is 8. The molecule has 1 rings (SSSR count). The van der Waals surface area contributed by atoms with Gasteiger partial charge in [0, 0.05) is 33.9 Å². The number of Topliss-reactive ketones (excluding diaryl/α,β-unsaturated/α-hetero) is 1. The lowest BCUT2D eigenvalue weighted by Gasteiger charge is -2.02. The first-order valence-corrected chi connectivity index (χ1v) is 8.75. The maximum absolute atomic E-state index is 10.1.